The Labute approximate surface area is 153 Å². The number of nitrogens with one attached hydrogen (secondary N) is 1. The summed E-state index contributed by atoms with van der Waals surface area (Å²) in [6, 6.07) is 3.50. The second-order valence-electron chi connectivity index (χ2n) is 6.92. The summed E-state index contributed by atoms with van der Waals surface area (Å²) in [5.74, 6) is 0.0317. The van der Waals surface area contributed by atoms with Crippen molar-refractivity contribution >= 4 is 17.8 Å². The molecule has 7 nitrogen and oxygen atoms in total. The fourth-order valence-corrected chi connectivity index (χ4v) is 3.76. The van der Waals surface area contributed by atoms with Crippen LogP contribution < -0.4 is 5.32 Å². The fourth-order valence-electron chi connectivity index (χ4n) is 3.76. The number of hydrogen-bond acceptors (Lipinski definition) is 5. The van der Waals surface area contributed by atoms with Gasteiger partial charge in [0, 0.05) is 19.0 Å². The Morgan fingerprint density at radius 3 is 2.77 bits per heavy atom. The Morgan fingerprint density at radius 1 is 1.27 bits per heavy atom. The van der Waals surface area contributed by atoms with Crippen LogP contribution in [-0.2, 0) is 20.9 Å². The van der Waals surface area contributed by atoms with Crippen LogP contribution in [0.2, 0.25) is 0 Å². The van der Waals surface area contributed by atoms with E-state index in [1.54, 1.807) is 19.1 Å². The number of furan rings is 1. The van der Waals surface area contributed by atoms with Gasteiger partial charge in [-0.05, 0) is 38.3 Å². The second kappa shape index (κ2) is 8.38. The molecule has 0 spiro atoms. The number of esters is 1. The summed E-state index contributed by atoms with van der Waals surface area (Å²) in [6.07, 6.45) is 5.42. The summed E-state index contributed by atoms with van der Waals surface area (Å²) in [4.78, 5) is 38.2. The zero-order valence-corrected chi connectivity index (χ0v) is 15.2. The summed E-state index contributed by atoms with van der Waals surface area (Å²) in [6.45, 7) is 2.73. The fraction of sp³-hybridized carbons (Fsp3) is 0.632. The van der Waals surface area contributed by atoms with E-state index >= 15 is 0 Å². The Balaban J connectivity index is 1.51. The van der Waals surface area contributed by atoms with Gasteiger partial charge in [0.2, 0.25) is 17.6 Å². The Morgan fingerprint density at radius 2 is 2.04 bits per heavy atom. The van der Waals surface area contributed by atoms with Gasteiger partial charge >= 0.3 is 5.97 Å². The minimum atomic E-state index is -0.511. The molecule has 1 saturated carbocycles. The second-order valence-corrected chi connectivity index (χ2v) is 6.92. The molecule has 2 aliphatic rings. The van der Waals surface area contributed by atoms with E-state index < -0.39 is 5.97 Å². The third-order valence-corrected chi connectivity index (χ3v) is 5.16. The Bertz CT molecular complexity index is 663. The van der Waals surface area contributed by atoms with Gasteiger partial charge in [-0.2, -0.15) is 0 Å². The van der Waals surface area contributed by atoms with Crippen LogP contribution in [0.4, 0.5) is 0 Å². The maximum atomic E-state index is 12.5. The van der Waals surface area contributed by atoms with E-state index in [1.807, 2.05) is 4.90 Å². The van der Waals surface area contributed by atoms with Gasteiger partial charge in [0.1, 0.15) is 5.76 Å². The average Bonchev–Trinajstić information content (AvgIpc) is 3.32. The first-order chi connectivity index (χ1) is 12.6. The van der Waals surface area contributed by atoms with Crippen molar-refractivity contribution in [1.29, 1.82) is 0 Å². The van der Waals surface area contributed by atoms with Crippen molar-refractivity contribution < 1.29 is 23.5 Å². The molecule has 142 valence electrons. The van der Waals surface area contributed by atoms with Crippen molar-refractivity contribution in [3.8, 4) is 0 Å². The van der Waals surface area contributed by atoms with Crippen LogP contribution in [0.15, 0.2) is 16.5 Å². The normalized spacial score (nSPS) is 21.0. The molecule has 1 atom stereocenters. The molecule has 0 radical (unpaired) electrons. The summed E-state index contributed by atoms with van der Waals surface area (Å²) < 4.78 is 10.3. The van der Waals surface area contributed by atoms with E-state index in [1.165, 1.54) is 0 Å². The van der Waals surface area contributed by atoms with Crippen molar-refractivity contribution in [3.05, 3.63) is 23.7 Å². The van der Waals surface area contributed by atoms with Crippen molar-refractivity contribution in [3.63, 3.8) is 0 Å². The van der Waals surface area contributed by atoms with Gasteiger partial charge in [0.05, 0.1) is 19.1 Å². The Hall–Kier alpha value is -2.31. The molecule has 1 aromatic rings. The molecule has 3 rings (SSSR count). The molecule has 2 fully saturated rings. The minimum absolute atomic E-state index is 0.0745. The number of rotatable bonds is 6. The largest absolute Gasteiger partial charge is 0.460 e. The van der Waals surface area contributed by atoms with Crippen LogP contribution in [0.5, 0.6) is 0 Å². The van der Waals surface area contributed by atoms with Crippen LogP contribution in [-0.4, -0.2) is 41.9 Å². The zero-order valence-electron chi connectivity index (χ0n) is 15.2. The highest BCUT2D eigenvalue weighted by Crippen LogP contribution is 2.28. The van der Waals surface area contributed by atoms with Crippen LogP contribution in [0, 0.1) is 5.92 Å². The number of ether oxygens (including phenoxy) is 1. The van der Waals surface area contributed by atoms with Crippen LogP contribution >= 0.6 is 0 Å². The zero-order chi connectivity index (χ0) is 18.5. The topological polar surface area (TPSA) is 88.8 Å². The van der Waals surface area contributed by atoms with Crippen LogP contribution in [0.1, 0.15) is 61.8 Å². The highest BCUT2D eigenvalue weighted by Gasteiger charge is 2.35. The van der Waals surface area contributed by atoms with Gasteiger partial charge in [0.25, 0.3) is 0 Å². The third kappa shape index (κ3) is 4.26. The number of nitrogens with zero attached hydrogens (tertiary/aromatic N) is 1. The number of carbonyl (C=O) groups excluding carboxylic acids is 3. The van der Waals surface area contributed by atoms with Crippen molar-refractivity contribution in [2.24, 2.45) is 5.92 Å². The van der Waals surface area contributed by atoms with Gasteiger partial charge in [-0.3, -0.25) is 9.59 Å². The van der Waals surface area contributed by atoms with Gasteiger partial charge in [-0.25, -0.2) is 4.79 Å². The first-order valence-electron chi connectivity index (χ1n) is 9.41. The smallest absolute Gasteiger partial charge is 0.374 e. The summed E-state index contributed by atoms with van der Waals surface area (Å²) in [7, 11) is 0. The molecule has 2 heterocycles. The first-order valence-corrected chi connectivity index (χ1v) is 9.41. The highest BCUT2D eigenvalue weighted by molar-refractivity contribution is 5.86. The predicted octanol–water partition coefficient (Wildman–Crippen LogP) is 2.25. The van der Waals surface area contributed by atoms with E-state index in [4.69, 9.17) is 9.15 Å². The average molecular weight is 362 g/mol. The number of piperidine rings is 1. The maximum Gasteiger partial charge on any atom is 0.374 e. The quantitative estimate of drug-likeness (QED) is 0.784. The van der Waals surface area contributed by atoms with Gasteiger partial charge in [-0.15, -0.1) is 0 Å². The predicted molar refractivity (Wildman–Crippen MR) is 93.2 cm³/mol. The number of hydrogen-bond donors (Lipinski definition) is 1. The molecule has 26 heavy (non-hydrogen) atoms. The van der Waals surface area contributed by atoms with E-state index in [2.05, 4.69) is 5.32 Å². The molecule has 1 N–H and O–H groups in total. The monoisotopic (exact) mass is 362 g/mol. The standard InChI is InChI=1S/C19H26N2O5/c1-2-25-19(24)16-9-8-15(26-16)11-20-18(23)13-7-10-17(22)21(12-13)14-5-3-4-6-14/h8-9,13-14H,2-7,10-12H2,1H3,(H,20,23). The lowest BCUT2D eigenvalue weighted by Crippen LogP contribution is -2.49. The summed E-state index contributed by atoms with van der Waals surface area (Å²) in [5, 5.41) is 2.86. The van der Waals surface area contributed by atoms with Crippen LogP contribution in [0.3, 0.4) is 0 Å². The van der Waals surface area contributed by atoms with Crippen LogP contribution in [0.25, 0.3) is 0 Å². The molecule has 7 heteroatoms. The molecule has 1 aromatic heterocycles. The molecular weight excluding hydrogens is 336 g/mol. The van der Waals surface area contributed by atoms with Crippen molar-refractivity contribution in [2.45, 2.75) is 58.0 Å². The molecular formula is C19H26N2O5. The summed E-state index contributed by atoms with van der Waals surface area (Å²) >= 11 is 0. The summed E-state index contributed by atoms with van der Waals surface area (Å²) in [5.41, 5.74) is 0. The SMILES string of the molecule is CCOC(=O)c1ccc(CNC(=O)C2CCC(=O)N(C3CCCC3)C2)o1. The molecule has 1 unspecified atom stereocenters. The molecule has 1 aliphatic carbocycles. The highest BCUT2D eigenvalue weighted by atomic mass is 16.5. The molecule has 0 bridgehead atoms. The molecule has 0 aromatic carbocycles. The van der Waals surface area contributed by atoms with E-state index in [-0.39, 0.29) is 36.6 Å². The van der Waals surface area contributed by atoms with Crippen molar-refractivity contribution in [1.82, 2.24) is 10.2 Å². The number of likely N-dealkylation sites (tertiary alicyclic amines) is 1. The van der Waals surface area contributed by atoms with Gasteiger partial charge in [0.15, 0.2) is 0 Å². The van der Waals surface area contributed by atoms with Gasteiger partial charge < -0.3 is 19.4 Å². The lowest BCUT2D eigenvalue weighted by Gasteiger charge is -2.36. The van der Waals surface area contributed by atoms with Crippen molar-refractivity contribution in [2.75, 3.05) is 13.2 Å². The molecule has 2 amide bonds. The lowest BCUT2D eigenvalue weighted by molar-refractivity contribution is -0.140. The Kier molecular flexibility index (Phi) is 5.96. The number of amides is 2. The molecule has 1 aliphatic heterocycles. The van der Waals surface area contributed by atoms with Gasteiger partial charge in [-0.1, -0.05) is 12.8 Å². The third-order valence-electron chi connectivity index (χ3n) is 5.16. The van der Waals surface area contributed by atoms with E-state index in [9.17, 15) is 14.4 Å². The van der Waals surface area contributed by atoms with E-state index in [0.717, 1.165) is 25.7 Å². The minimum Gasteiger partial charge on any atom is -0.460 e. The van der Waals surface area contributed by atoms with E-state index in [0.29, 0.717) is 31.2 Å². The molecule has 1 saturated heterocycles. The first kappa shape index (κ1) is 18.5. The number of carbonyl (C=O) groups is 3. The lowest BCUT2D eigenvalue weighted by atomic mass is 9.95. The maximum absolute atomic E-state index is 12.5.